The highest BCUT2D eigenvalue weighted by Gasteiger charge is 2.28. The third kappa shape index (κ3) is 2.18. The summed E-state index contributed by atoms with van der Waals surface area (Å²) < 4.78 is 0. The van der Waals surface area contributed by atoms with Gasteiger partial charge in [-0.25, -0.2) is 0 Å². The van der Waals surface area contributed by atoms with Gasteiger partial charge in [0.1, 0.15) is 0 Å². The molecule has 2 aromatic rings. The predicted molar refractivity (Wildman–Crippen MR) is 86.1 cm³/mol. The Kier molecular flexibility index (Phi) is 3.63. The summed E-state index contributed by atoms with van der Waals surface area (Å²) in [6, 6.07) is 7.37. The number of fused-ring (bicyclic) bond motifs is 1. The Labute approximate surface area is 132 Å². The summed E-state index contributed by atoms with van der Waals surface area (Å²) in [6.07, 6.45) is 5.45. The molecule has 1 aromatic carbocycles. The van der Waals surface area contributed by atoms with Gasteiger partial charge >= 0.3 is 0 Å². The Balaban J connectivity index is 2.25. The molecule has 0 aliphatic carbocycles. The first-order valence-electron chi connectivity index (χ1n) is 6.14. The monoisotopic (exact) mass is 324 g/mol. The van der Waals surface area contributed by atoms with E-state index in [9.17, 15) is 0 Å². The Bertz CT molecular complexity index is 677. The molecule has 1 aromatic heterocycles. The maximum Gasteiger partial charge on any atom is 0.0795 e. The van der Waals surface area contributed by atoms with E-state index in [2.05, 4.69) is 4.98 Å². The fourth-order valence-electron chi connectivity index (χ4n) is 2.36. The van der Waals surface area contributed by atoms with Crippen LogP contribution in [0.5, 0.6) is 0 Å². The van der Waals surface area contributed by atoms with Gasteiger partial charge in [-0.2, -0.15) is 0 Å². The lowest BCUT2D eigenvalue weighted by Gasteiger charge is -2.36. The van der Waals surface area contributed by atoms with E-state index >= 15 is 0 Å². The van der Waals surface area contributed by atoms with Crippen molar-refractivity contribution in [1.82, 2.24) is 4.98 Å². The molecule has 0 saturated carbocycles. The minimum Gasteiger partial charge on any atom is -0.330 e. The average molecular weight is 326 g/mol. The van der Waals surface area contributed by atoms with Crippen LogP contribution in [0.4, 0.5) is 11.4 Å². The molecule has 1 unspecified atom stereocenters. The zero-order valence-corrected chi connectivity index (χ0v) is 12.9. The van der Waals surface area contributed by atoms with Crippen molar-refractivity contribution in [2.75, 3.05) is 4.90 Å². The molecule has 0 spiro atoms. The van der Waals surface area contributed by atoms with Crippen LogP contribution >= 0.6 is 34.8 Å². The zero-order valence-electron chi connectivity index (χ0n) is 10.6. The van der Waals surface area contributed by atoms with Gasteiger partial charge in [-0.05, 0) is 31.2 Å². The molecule has 5 heteroatoms. The van der Waals surface area contributed by atoms with Crippen LogP contribution in [0.2, 0.25) is 10.0 Å². The lowest BCUT2D eigenvalue weighted by atomic mass is 10.0. The summed E-state index contributed by atoms with van der Waals surface area (Å²) in [5.41, 5.74) is 2.71. The molecule has 3 rings (SSSR count). The Morgan fingerprint density at radius 3 is 2.50 bits per heavy atom. The molecule has 0 radical (unpaired) electrons. The Morgan fingerprint density at radius 2 is 1.80 bits per heavy atom. The normalized spacial score (nSPS) is 17.7. The van der Waals surface area contributed by atoms with Crippen molar-refractivity contribution in [2.45, 2.75) is 13.0 Å². The standard InChI is InChI=1S/C15H11Cl3N2/c1-9-13(18)7-10-8-19-6-5-14(10)20(9)15-11(16)3-2-4-12(15)17/h2-9H,1H3. The van der Waals surface area contributed by atoms with Crippen molar-refractivity contribution in [1.29, 1.82) is 0 Å². The highest BCUT2D eigenvalue weighted by atomic mass is 35.5. The van der Waals surface area contributed by atoms with E-state index in [1.807, 2.05) is 42.2 Å². The van der Waals surface area contributed by atoms with Crippen LogP contribution in [0.1, 0.15) is 12.5 Å². The van der Waals surface area contributed by atoms with E-state index in [1.165, 1.54) is 0 Å². The Morgan fingerprint density at radius 1 is 1.10 bits per heavy atom. The average Bonchev–Trinajstić information content (AvgIpc) is 2.42. The van der Waals surface area contributed by atoms with Crippen molar-refractivity contribution >= 4 is 52.3 Å². The lowest BCUT2D eigenvalue weighted by molar-refractivity contribution is 0.842. The number of hydrogen-bond donors (Lipinski definition) is 0. The molecule has 20 heavy (non-hydrogen) atoms. The first-order valence-corrected chi connectivity index (χ1v) is 7.27. The van der Waals surface area contributed by atoms with Gasteiger partial charge in [0.25, 0.3) is 0 Å². The maximum absolute atomic E-state index is 6.35. The van der Waals surface area contributed by atoms with Gasteiger partial charge < -0.3 is 4.90 Å². The summed E-state index contributed by atoms with van der Waals surface area (Å²) in [4.78, 5) is 6.18. The summed E-state index contributed by atoms with van der Waals surface area (Å²) in [5, 5.41) is 1.92. The number of aromatic nitrogens is 1. The number of hydrogen-bond acceptors (Lipinski definition) is 2. The third-order valence-corrected chi connectivity index (χ3v) is 4.38. The minimum absolute atomic E-state index is 0.0380. The molecule has 0 N–H and O–H groups in total. The van der Waals surface area contributed by atoms with Crippen LogP contribution in [0.15, 0.2) is 41.7 Å². The largest absolute Gasteiger partial charge is 0.330 e. The van der Waals surface area contributed by atoms with Gasteiger partial charge in [-0.15, -0.1) is 0 Å². The second-order valence-corrected chi connectivity index (χ2v) is 5.83. The van der Waals surface area contributed by atoms with Crippen LogP contribution in [0.25, 0.3) is 6.08 Å². The van der Waals surface area contributed by atoms with E-state index in [4.69, 9.17) is 34.8 Å². The van der Waals surface area contributed by atoms with E-state index in [-0.39, 0.29) is 6.04 Å². The lowest BCUT2D eigenvalue weighted by Crippen LogP contribution is -2.32. The first-order chi connectivity index (χ1) is 9.59. The van der Waals surface area contributed by atoms with Gasteiger partial charge in [0.15, 0.2) is 0 Å². The fraction of sp³-hybridized carbons (Fsp3) is 0.133. The molecule has 0 amide bonds. The van der Waals surface area contributed by atoms with Gasteiger partial charge in [0.2, 0.25) is 0 Å². The van der Waals surface area contributed by atoms with Crippen molar-refractivity contribution in [3.8, 4) is 0 Å². The number of halogens is 3. The van der Waals surface area contributed by atoms with Crippen LogP contribution in [-0.4, -0.2) is 11.0 Å². The van der Waals surface area contributed by atoms with Crippen LogP contribution in [0.3, 0.4) is 0 Å². The molecule has 2 nitrogen and oxygen atoms in total. The highest BCUT2D eigenvalue weighted by molar-refractivity contribution is 6.40. The summed E-state index contributed by atoms with van der Waals surface area (Å²) in [7, 11) is 0. The first kappa shape index (κ1) is 13.7. The maximum atomic E-state index is 6.35. The summed E-state index contributed by atoms with van der Waals surface area (Å²) in [6.45, 7) is 2.02. The van der Waals surface area contributed by atoms with E-state index in [1.54, 1.807) is 12.4 Å². The van der Waals surface area contributed by atoms with Crippen molar-refractivity contribution in [3.05, 3.63) is 57.3 Å². The van der Waals surface area contributed by atoms with E-state index in [0.29, 0.717) is 10.0 Å². The van der Waals surface area contributed by atoms with Gasteiger partial charge in [-0.3, -0.25) is 4.98 Å². The molecule has 0 fully saturated rings. The summed E-state index contributed by atoms with van der Waals surface area (Å²) in [5.74, 6) is 0. The number of para-hydroxylation sites is 1. The predicted octanol–water partition coefficient (Wildman–Crippen LogP) is 5.51. The smallest absolute Gasteiger partial charge is 0.0795 e. The highest BCUT2D eigenvalue weighted by Crippen LogP contribution is 2.44. The minimum atomic E-state index is -0.0380. The van der Waals surface area contributed by atoms with E-state index < -0.39 is 0 Å². The number of pyridine rings is 1. The number of anilines is 2. The molecular weight excluding hydrogens is 315 g/mol. The molecule has 0 saturated heterocycles. The second kappa shape index (κ2) is 5.28. The summed E-state index contributed by atoms with van der Waals surface area (Å²) >= 11 is 19.0. The molecule has 102 valence electrons. The SMILES string of the molecule is CC1C(Cl)=Cc2cnccc2N1c1c(Cl)cccc1Cl. The van der Waals surface area contributed by atoms with Crippen molar-refractivity contribution < 1.29 is 0 Å². The fourth-order valence-corrected chi connectivity index (χ4v) is 3.16. The number of nitrogens with zero attached hydrogens (tertiary/aromatic N) is 2. The van der Waals surface area contributed by atoms with Crippen molar-refractivity contribution in [2.24, 2.45) is 0 Å². The molecule has 1 aliphatic heterocycles. The zero-order chi connectivity index (χ0) is 14.3. The quantitative estimate of drug-likeness (QED) is 0.687. The number of rotatable bonds is 1. The van der Waals surface area contributed by atoms with Crippen molar-refractivity contribution in [3.63, 3.8) is 0 Å². The van der Waals surface area contributed by atoms with Gasteiger partial charge in [0.05, 0.1) is 27.5 Å². The van der Waals surface area contributed by atoms with Gasteiger partial charge in [-0.1, -0.05) is 40.9 Å². The molecule has 1 atom stereocenters. The molecular formula is C15H11Cl3N2. The van der Waals surface area contributed by atoms with Gasteiger partial charge in [0, 0.05) is 23.0 Å². The van der Waals surface area contributed by atoms with Crippen LogP contribution < -0.4 is 4.90 Å². The molecule has 1 aliphatic rings. The second-order valence-electron chi connectivity index (χ2n) is 4.58. The third-order valence-electron chi connectivity index (χ3n) is 3.35. The molecule has 0 bridgehead atoms. The number of benzene rings is 1. The Hall–Kier alpha value is -1.22. The van der Waals surface area contributed by atoms with Crippen LogP contribution in [-0.2, 0) is 0 Å². The molecule has 2 heterocycles. The van der Waals surface area contributed by atoms with Crippen LogP contribution in [0, 0.1) is 0 Å². The van der Waals surface area contributed by atoms with E-state index in [0.717, 1.165) is 22.0 Å². The topological polar surface area (TPSA) is 16.1 Å².